The number of carboxylic acid groups (broad SMARTS) is 1. The van der Waals surface area contributed by atoms with Gasteiger partial charge in [-0.2, -0.15) is 0 Å². The molecule has 0 aliphatic carbocycles. The number of aliphatic imine (C=N–C) groups is 1. The number of carbonyl (C=O) groups excluding carboxylic acids is 1. The SMILES string of the molecule is COc1cc(/C=C2/SC(=Nc3cccc(Cl)c3C)NC2=O)cc(I)c1OCc1cccc(C(=O)O)c1. The number of carboxylic acids is 1. The Morgan fingerprint density at radius 3 is 2.75 bits per heavy atom. The van der Waals surface area contributed by atoms with Crippen molar-refractivity contribution < 1.29 is 24.2 Å². The maximum atomic E-state index is 12.6. The van der Waals surface area contributed by atoms with Crippen molar-refractivity contribution in [2.75, 3.05) is 7.11 Å². The predicted molar refractivity (Wildman–Crippen MR) is 150 cm³/mol. The number of methoxy groups -OCH3 is 1. The van der Waals surface area contributed by atoms with E-state index in [1.54, 1.807) is 36.4 Å². The molecular formula is C26H20ClIN2O5S. The number of thioether (sulfide) groups is 1. The molecule has 4 rings (SSSR count). The molecular weight excluding hydrogens is 615 g/mol. The van der Waals surface area contributed by atoms with E-state index >= 15 is 0 Å². The molecule has 0 spiro atoms. The fourth-order valence-corrected chi connectivity index (χ4v) is 5.16. The van der Waals surface area contributed by atoms with Gasteiger partial charge in [0.2, 0.25) is 0 Å². The molecule has 10 heteroatoms. The zero-order valence-corrected chi connectivity index (χ0v) is 22.9. The summed E-state index contributed by atoms with van der Waals surface area (Å²) in [6.07, 6.45) is 1.76. The van der Waals surface area contributed by atoms with Crippen LogP contribution in [0.4, 0.5) is 5.69 Å². The molecule has 1 saturated heterocycles. The third kappa shape index (κ3) is 6.03. The molecule has 3 aromatic carbocycles. The van der Waals surface area contributed by atoms with Crippen LogP contribution in [0, 0.1) is 10.5 Å². The van der Waals surface area contributed by atoms with Crippen LogP contribution in [-0.2, 0) is 11.4 Å². The molecule has 1 heterocycles. The van der Waals surface area contributed by atoms with E-state index in [0.29, 0.717) is 32.3 Å². The van der Waals surface area contributed by atoms with E-state index in [2.05, 4.69) is 32.9 Å². The lowest BCUT2D eigenvalue weighted by Gasteiger charge is -2.14. The van der Waals surface area contributed by atoms with Gasteiger partial charge in [-0.1, -0.05) is 29.8 Å². The molecule has 7 nitrogen and oxygen atoms in total. The van der Waals surface area contributed by atoms with Crippen molar-refractivity contribution in [2.45, 2.75) is 13.5 Å². The number of hydrogen-bond donors (Lipinski definition) is 2. The number of carbonyl (C=O) groups is 2. The zero-order chi connectivity index (χ0) is 25.8. The minimum atomic E-state index is -0.994. The highest BCUT2D eigenvalue weighted by Gasteiger charge is 2.24. The van der Waals surface area contributed by atoms with Gasteiger partial charge in [0.25, 0.3) is 5.91 Å². The summed E-state index contributed by atoms with van der Waals surface area (Å²) in [6, 6.07) is 15.7. The van der Waals surface area contributed by atoms with Crippen LogP contribution in [0.15, 0.2) is 64.5 Å². The van der Waals surface area contributed by atoms with Crippen molar-refractivity contribution in [1.29, 1.82) is 0 Å². The van der Waals surface area contributed by atoms with E-state index < -0.39 is 5.97 Å². The Balaban J connectivity index is 1.54. The number of nitrogens with zero attached hydrogens (tertiary/aromatic N) is 1. The molecule has 36 heavy (non-hydrogen) atoms. The first-order valence-corrected chi connectivity index (χ1v) is 12.9. The average molecular weight is 635 g/mol. The van der Waals surface area contributed by atoms with Crippen molar-refractivity contribution in [2.24, 2.45) is 4.99 Å². The lowest BCUT2D eigenvalue weighted by Crippen LogP contribution is -2.19. The van der Waals surface area contributed by atoms with Gasteiger partial charge in [-0.3, -0.25) is 4.79 Å². The lowest BCUT2D eigenvalue weighted by molar-refractivity contribution is -0.115. The maximum Gasteiger partial charge on any atom is 0.335 e. The van der Waals surface area contributed by atoms with E-state index in [4.69, 9.17) is 21.1 Å². The van der Waals surface area contributed by atoms with E-state index in [9.17, 15) is 14.7 Å². The van der Waals surface area contributed by atoms with Gasteiger partial charge in [0.05, 0.1) is 26.8 Å². The fraction of sp³-hybridized carbons (Fsp3) is 0.115. The summed E-state index contributed by atoms with van der Waals surface area (Å²) < 4.78 is 12.3. The molecule has 0 unspecified atom stereocenters. The first-order valence-electron chi connectivity index (χ1n) is 10.6. The number of rotatable bonds is 7. The molecule has 0 bridgehead atoms. The minimum Gasteiger partial charge on any atom is -0.493 e. The van der Waals surface area contributed by atoms with E-state index in [1.165, 1.54) is 24.9 Å². The van der Waals surface area contributed by atoms with E-state index in [0.717, 1.165) is 20.3 Å². The van der Waals surface area contributed by atoms with Crippen molar-refractivity contribution >= 4 is 74.8 Å². The number of amidine groups is 1. The van der Waals surface area contributed by atoms with Crippen molar-refractivity contribution in [3.63, 3.8) is 0 Å². The summed E-state index contributed by atoms with van der Waals surface area (Å²) >= 11 is 9.56. The molecule has 184 valence electrons. The molecule has 0 aromatic heterocycles. The summed E-state index contributed by atoms with van der Waals surface area (Å²) in [4.78, 5) is 28.8. The van der Waals surface area contributed by atoms with Crippen molar-refractivity contribution in [1.82, 2.24) is 5.32 Å². The Labute approximate surface area is 230 Å². The van der Waals surface area contributed by atoms with Crippen LogP contribution in [0.3, 0.4) is 0 Å². The van der Waals surface area contributed by atoms with Gasteiger partial charge in [0.15, 0.2) is 16.7 Å². The van der Waals surface area contributed by atoms with Gasteiger partial charge < -0.3 is 19.9 Å². The van der Waals surface area contributed by atoms with Crippen LogP contribution >= 0.6 is 46.0 Å². The van der Waals surface area contributed by atoms with Gasteiger partial charge >= 0.3 is 5.97 Å². The summed E-state index contributed by atoms with van der Waals surface area (Å²) in [7, 11) is 1.54. The number of nitrogens with one attached hydrogen (secondary N) is 1. The highest BCUT2D eigenvalue weighted by molar-refractivity contribution is 14.1. The van der Waals surface area contributed by atoms with Crippen LogP contribution in [0.1, 0.15) is 27.0 Å². The number of aromatic carboxylic acids is 1. The largest absolute Gasteiger partial charge is 0.493 e. The number of halogens is 2. The standard InChI is InChI=1S/C26H20ClIN2O5S/c1-14-18(27)7-4-8-20(14)29-26-30-24(31)22(36-26)12-16-10-19(28)23(21(11-16)34-2)35-13-15-5-3-6-17(9-15)25(32)33/h3-12H,13H2,1-2H3,(H,32,33)(H,29,30,31)/b22-12+. The smallest absolute Gasteiger partial charge is 0.335 e. The van der Waals surface area contributed by atoms with Gasteiger partial charge in [-0.25, -0.2) is 9.79 Å². The van der Waals surface area contributed by atoms with Crippen LogP contribution < -0.4 is 14.8 Å². The van der Waals surface area contributed by atoms with Crippen molar-refractivity contribution in [3.05, 3.63) is 90.3 Å². The lowest BCUT2D eigenvalue weighted by atomic mass is 10.1. The number of hydrogen-bond acceptors (Lipinski definition) is 6. The molecule has 1 amide bonds. The Bertz CT molecular complexity index is 1420. The molecule has 1 fully saturated rings. The predicted octanol–water partition coefficient (Wildman–Crippen LogP) is 6.43. The molecule has 3 aromatic rings. The highest BCUT2D eigenvalue weighted by Crippen LogP contribution is 2.37. The third-order valence-corrected chi connectivity index (χ3v) is 7.34. The van der Waals surface area contributed by atoms with Crippen LogP contribution in [0.5, 0.6) is 11.5 Å². The Hall–Kier alpha value is -3.02. The summed E-state index contributed by atoms with van der Waals surface area (Å²) in [5.41, 5.74) is 3.20. The van der Waals surface area contributed by atoms with Gasteiger partial charge in [-0.05, 0) is 100 Å². The molecule has 1 aliphatic heterocycles. The normalized spacial score (nSPS) is 15.3. The van der Waals surface area contributed by atoms with Gasteiger partial charge in [-0.15, -0.1) is 0 Å². The quantitative estimate of drug-likeness (QED) is 0.230. The fourth-order valence-electron chi connectivity index (χ4n) is 3.37. The first-order chi connectivity index (χ1) is 17.2. The maximum absolute atomic E-state index is 12.6. The second-order valence-corrected chi connectivity index (χ2v) is 10.3. The zero-order valence-electron chi connectivity index (χ0n) is 19.2. The second-order valence-electron chi connectivity index (χ2n) is 7.69. The van der Waals surface area contributed by atoms with Crippen LogP contribution in [0.25, 0.3) is 6.08 Å². The van der Waals surface area contributed by atoms with Crippen molar-refractivity contribution in [3.8, 4) is 11.5 Å². The Morgan fingerprint density at radius 2 is 2.00 bits per heavy atom. The number of amides is 1. The topological polar surface area (TPSA) is 97.2 Å². The van der Waals surface area contributed by atoms with Gasteiger partial charge in [0.1, 0.15) is 6.61 Å². The first kappa shape index (κ1) is 26.1. The average Bonchev–Trinajstić information content (AvgIpc) is 3.19. The monoisotopic (exact) mass is 634 g/mol. The second kappa shape index (κ2) is 11.4. The van der Waals surface area contributed by atoms with Gasteiger partial charge in [0, 0.05) is 5.02 Å². The highest BCUT2D eigenvalue weighted by atomic mass is 127. The molecule has 2 N–H and O–H groups in total. The molecule has 0 saturated carbocycles. The molecule has 0 atom stereocenters. The number of ether oxygens (including phenoxy) is 2. The Kier molecular flexibility index (Phi) is 8.22. The summed E-state index contributed by atoms with van der Waals surface area (Å²) in [5, 5.41) is 13.1. The van der Waals surface area contributed by atoms with Crippen LogP contribution in [0.2, 0.25) is 5.02 Å². The molecule has 1 aliphatic rings. The molecule has 0 radical (unpaired) electrons. The third-order valence-electron chi connectivity index (χ3n) is 5.22. The van der Waals surface area contributed by atoms with Crippen LogP contribution in [-0.4, -0.2) is 29.3 Å². The number of benzene rings is 3. The summed E-state index contributed by atoms with van der Waals surface area (Å²) in [6.45, 7) is 2.05. The van der Waals surface area contributed by atoms with E-state index in [-0.39, 0.29) is 18.1 Å². The summed E-state index contributed by atoms with van der Waals surface area (Å²) in [5.74, 6) is -0.213. The minimum absolute atomic E-state index is 0.176. The van der Waals surface area contributed by atoms with E-state index in [1.807, 2.05) is 25.1 Å². The Morgan fingerprint density at radius 1 is 1.22 bits per heavy atom.